The van der Waals surface area contributed by atoms with E-state index in [1.54, 1.807) is 4.68 Å². The maximum Gasteiger partial charge on any atom is 0.358 e. The molecule has 2 atom stereocenters. The topological polar surface area (TPSA) is 80.0 Å². The minimum Gasteiger partial charge on any atom is -0.476 e. The molecule has 1 aromatic heterocycles. The van der Waals surface area contributed by atoms with E-state index in [9.17, 15) is 4.79 Å². The number of nitrogens with one attached hydrogen (secondary N) is 1. The summed E-state index contributed by atoms with van der Waals surface area (Å²) in [6, 6.07) is 0.208. The molecule has 1 aliphatic heterocycles. The number of carboxylic acids is 1. The second-order valence-electron chi connectivity index (χ2n) is 3.93. The first kappa shape index (κ1) is 10.1. The smallest absolute Gasteiger partial charge is 0.358 e. The molecule has 0 bridgehead atoms. The van der Waals surface area contributed by atoms with Gasteiger partial charge in [0.05, 0.1) is 12.2 Å². The number of hydrogen-bond acceptors (Lipinski definition) is 4. The van der Waals surface area contributed by atoms with Crippen LogP contribution in [0.1, 0.15) is 29.9 Å². The molecule has 15 heavy (non-hydrogen) atoms. The molecule has 0 spiro atoms. The van der Waals surface area contributed by atoms with E-state index >= 15 is 0 Å². The summed E-state index contributed by atoms with van der Waals surface area (Å²) in [5.41, 5.74) is 0.00720. The van der Waals surface area contributed by atoms with Gasteiger partial charge >= 0.3 is 5.97 Å². The molecule has 6 nitrogen and oxygen atoms in total. The number of aromatic carboxylic acids is 1. The molecule has 0 aliphatic carbocycles. The van der Waals surface area contributed by atoms with Crippen molar-refractivity contribution in [3.8, 4) is 0 Å². The first-order valence-corrected chi connectivity index (χ1v) is 5.04. The molecule has 1 aromatic rings. The summed E-state index contributed by atoms with van der Waals surface area (Å²) in [5.74, 6) is -0.535. The highest BCUT2D eigenvalue weighted by atomic mass is 16.4. The fraction of sp³-hybridized carbons (Fsp3) is 0.667. The molecule has 0 amide bonds. The van der Waals surface area contributed by atoms with Crippen LogP contribution in [0.4, 0.5) is 0 Å². The lowest BCUT2D eigenvalue weighted by atomic mass is 9.95. The van der Waals surface area contributed by atoms with Crippen LogP contribution in [0, 0.1) is 5.92 Å². The Bertz CT molecular complexity index is 363. The Balaban J connectivity index is 2.17. The van der Waals surface area contributed by atoms with Crippen molar-refractivity contribution in [2.75, 3.05) is 13.1 Å². The number of carboxylic acid groups (broad SMARTS) is 1. The minimum atomic E-state index is -1.03. The fourth-order valence-corrected chi connectivity index (χ4v) is 1.86. The van der Waals surface area contributed by atoms with Crippen LogP contribution in [0.25, 0.3) is 0 Å². The Hall–Kier alpha value is -1.43. The molecule has 2 heterocycles. The second-order valence-corrected chi connectivity index (χ2v) is 3.93. The van der Waals surface area contributed by atoms with Crippen LogP contribution in [0.3, 0.4) is 0 Å². The average molecular weight is 210 g/mol. The summed E-state index contributed by atoms with van der Waals surface area (Å²) >= 11 is 0. The molecule has 1 saturated heterocycles. The van der Waals surface area contributed by atoms with Gasteiger partial charge < -0.3 is 10.4 Å². The molecule has 2 rings (SSSR count). The zero-order chi connectivity index (χ0) is 10.8. The number of rotatable bonds is 2. The minimum absolute atomic E-state index is 0.00720. The van der Waals surface area contributed by atoms with Gasteiger partial charge in [-0.3, -0.25) is 0 Å². The van der Waals surface area contributed by atoms with E-state index in [0.717, 1.165) is 19.5 Å². The van der Waals surface area contributed by atoms with Crippen LogP contribution < -0.4 is 5.32 Å². The lowest BCUT2D eigenvalue weighted by Gasteiger charge is -2.29. The Morgan fingerprint density at radius 3 is 3.13 bits per heavy atom. The van der Waals surface area contributed by atoms with Crippen LogP contribution in [0.15, 0.2) is 6.20 Å². The molecule has 6 heteroatoms. The number of piperidine rings is 1. The van der Waals surface area contributed by atoms with Crippen molar-refractivity contribution in [2.24, 2.45) is 5.92 Å². The van der Waals surface area contributed by atoms with Crippen molar-refractivity contribution < 1.29 is 9.90 Å². The van der Waals surface area contributed by atoms with Crippen molar-refractivity contribution >= 4 is 5.97 Å². The highest BCUT2D eigenvalue weighted by molar-refractivity contribution is 5.84. The number of aromatic nitrogens is 3. The predicted molar refractivity (Wildman–Crippen MR) is 52.7 cm³/mol. The maximum absolute atomic E-state index is 10.6. The van der Waals surface area contributed by atoms with Gasteiger partial charge in [-0.1, -0.05) is 12.1 Å². The number of carbonyl (C=O) groups is 1. The predicted octanol–water partition coefficient (Wildman–Crippen LogP) is 0.147. The Labute approximate surface area is 87.3 Å². The normalized spacial score (nSPS) is 26.5. The summed E-state index contributed by atoms with van der Waals surface area (Å²) in [7, 11) is 0. The monoisotopic (exact) mass is 210 g/mol. The lowest BCUT2D eigenvalue weighted by molar-refractivity contribution is 0.0690. The second kappa shape index (κ2) is 3.98. The fourth-order valence-electron chi connectivity index (χ4n) is 1.86. The average Bonchev–Trinajstić information content (AvgIpc) is 2.67. The van der Waals surface area contributed by atoms with Crippen LogP contribution in [0.2, 0.25) is 0 Å². The van der Waals surface area contributed by atoms with E-state index in [1.807, 2.05) is 0 Å². The zero-order valence-electron chi connectivity index (χ0n) is 8.55. The molecular formula is C9H14N4O2. The third-order valence-corrected chi connectivity index (χ3v) is 2.86. The Kier molecular flexibility index (Phi) is 2.68. The van der Waals surface area contributed by atoms with E-state index in [-0.39, 0.29) is 11.7 Å². The highest BCUT2D eigenvalue weighted by Crippen LogP contribution is 2.22. The van der Waals surface area contributed by atoms with E-state index in [4.69, 9.17) is 5.11 Å². The third kappa shape index (κ3) is 1.99. The van der Waals surface area contributed by atoms with Crippen molar-refractivity contribution in [3.05, 3.63) is 11.9 Å². The number of hydrogen-bond donors (Lipinski definition) is 2. The Morgan fingerprint density at radius 1 is 1.73 bits per heavy atom. The molecule has 82 valence electrons. The van der Waals surface area contributed by atoms with E-state index < -0.39 is 5.97 Å². The summed E-state index contributed by atoms with van der Waals surface area (Å²) < 4.78 is 1.65. The molecule has 0 aromatic carbocycles. The molecule has 0 unspecified atom stereocenters. The molecule has 1 fully saturated rings. The first-order valence-electron chi connectivity index (χ1n) is 5.04. The van der Waals surface area contributed by atoms with Gasteiger partial charge in [0.15, 0.2) is 5.69 Å². The van der Waals surface area contributed by atoms with Crippen molar-refractivity contribution in [3.63, 3.8) is 0 Å². The van der Waals surface area contributed by atoms with Crippen LogP contribution in [-0.4, -0.2) is 39.2 Å². The zero-order valence-corrected chi connectivity index (χ0v) is 8.55. The van der Waals surface area contributed by atoms with Gasteiger partial charge in [-0.2, -0.15) is 0 Å². The molecular weight excluding hydrogens is 196 g/mol. The van der Waals surface area contributed by atoms with Crippen molar-refractivity contribution in [2.45, 2.75) is 19.4 Å². The van der Waals surface area contributed by atoms with E-state index in [0.29, 0.717) is 5.92 Å². The summed E-state index contributed by atoms with van der Waals surface area (Å²) in [6.07, 6.45) is 2.57. The van der Waals surface area contributed by atoms with Crippen LogP contribution in [0.5, 0.6) is 0 Å². The van der Waals surface area contributed by atoms with Gasteiger partial charge in [0, 0.05) is 6.54 Å². The molecule has 0 saturated carbocycles. The van der Waals surface area contributed by atoms with Gasteiger partial charge in [0.25, 0.3) is 0 Å². The van der Waals surface area contributed by atoms with Gasteiger partial charge in [0.2, 0.25) is 0 Å². The van der Waals surface area contributed by atoms with Gasteiger partial charge in [-0.25, -0.2) is 9.48 Å². The standard InChI is InChI=1S/C9H14N4O2/c1-6-2-3-10-4-8(6)13-5-7(9(14)15)11-12-13/h5-6,8,10H,2-4H2,1H3,(H,14,15)/t6-,8-/m0/s1. The highest BCUT2D eigenvalue weighted by Gasteiger charge is 2.24. The van der Waals surface area contributed by atoms with Crippen molar-refractivity contribution in [1.82, 2.24) is 20.3 Å². The van der Waals surface area contributed by atoms with E-state index in [2.05, 4.69) is 22.6 Å². The van der Waals surface area contributed by atoms with Gasteiger partial charge in [0.1, 0.15) is 0 Å². The maximum atomic E-state index is 10.6. The Morgan fingerprint density at radius 2 is 2.53 bits per heavy atom. The largest absolute Gasteiger partial charge is 0.476 e. The van der Waals surface area contributed by atoms with Gasteiger partial charge in [-0.05, 0) is 18.9 Å². The van der Waals surface area contributed by atoms with Crippen LogP contribution >= 0.6 is 0 Å². The van der Waals surface area contributed by atoms with E-state index in [1.165, 1.54) is 6.20 Å². The first-order chi connectivity index (χ1) is 7.18. The third-order valence-electron chi connectivity index (χ3n) is 2.86. The molecule has 0 radical (unpaired) electrons. The summed E-state index contributed by atoms with van der Waals surface area (Å²) in [4.78, 5) is 10.6. The van der Waals surface area contributed by atoms with Crippen molar-refractivity contribution in [1.29, 1.82) is 0 Å². The number of nitrogens with zero attached hydrogens (tertiary/aromatic N) is 3. The summed E-state index contributed by atoms with van der Waals surface area (Å²) in [5, 5.41) is 19.5. The summed E-state index contributed by atoms with van der Waals surface area (Å²) in [6.45, 7) is 3.98. The van der Waals surface area contributed by atoms with Gasteiger partial charge in [-0.15, -0.1) is 5.10 Å². The lowest BCUT2D eigenvalue weighted by Crippen LogP contribution is -2.37. The SMILES string of the molecule is C[C@H]1CCNC[C@@H]1n1cc(C(=O)O)nn1. The quantitative estimate of drug-likeness (QED) is 0.726. The molecule has 2 N–H and O–H groups in total. The molecule has 1 aliphatic rings. The van der Waals surface area contributed by atoms with Crippen LogP contribution in [-0.2, 0) is 0 Å².